The van der Waals surface area contributed by atoms with E-state index in [-0.39, 0.29) is 12.4 Å². The van der Waals surface area contributed by atoms with E-state index in [4.69, 9.17) is 26.9 Å². The Bertz CT molecular complexity index is 645. The van der Waals surface area contributed by atoms with E-state index in [1.165, 1.54) is 0 Å². The second-order valence-electron chi connectivity index (χ2n) is 4.14. The summed E-state index contributed by atoms with van der Waals surface area (Å²) in [4.78, 5) is 16.4. The molecule has 116 valence electrons. The zero-order valence-electron chi connectivity index (χ0n) is 11.3. The Morgan fingerprint density at radius 1 is 1.36 bits per heavy atom. The summed E-state index contributed by atoms with van der Waals surface area (Å²) in [5.41, 5.74) is 8.79. The van der Waals surface area contributed by atoms with Crippen LogP contribution >= 0.6 is 27.5 Å². The normalized spacial score (nSPS) is 12.5. The molecule has 0 atom stereocenters. The van der Waals surface area contributed by atoms with Gasteiger partial charge >= 0.3 is 5.97 Å². The van der Waals surface area contributed by atoms with Gasteiger partial charge in [0.2, 0.25) is 0 Å². The zero-order chi connectivity index (χ0) is 15.9. The average molecular weight is 387 g/mol. The van der Waals surface area contributed by atoms with Crippen molar-refractivity contribution in [2.75, 3.05) is 6.61 Å². The number of hydroxylamine groups is 1. The smallest absolute Gasteiger partial charge is 0.369 e. The third-order valence-electron chi connectivity index (χ3n) is 2.54. The maximum Gasteiger partial charge on any atom is 0.369 e. The molecule has 1 aliphatic heterocycles. The number of carbonyl (C=O) groups excluding carboxylic acids is 1. The van der Waals surface area contributed by atoms with Gasteiger partial charge in [-0.3, -0.25) is 0 Å². The molecule has 0 spiro atoms. The average Bonchev–Trinajstić information content (AvgIpc) is 2.52. The molecule has 0 amide bonds. The Morgan fingerprint density at radius 2 is 2.09 bits per heavy atom. The summed E-state index contributed by atoms with van der Waals surface area (Å²) in [6.45, 7) is -0.301. The van der Waals surface area contributed by atoms with Crippen molar-refractivity contribution in [2.24, 2.45) is 5.73 Å². The molecule has 1 aromatic rings. The molecule has 0 unspecified atom stereocenters. The third kappa shape index (κ3) is 4.71. The Hall–Kier alpha value is -2.12. The van der Waals surface area contributed by atoms with Gasteiger partial charge in [-0.1, -0.05) is 27.5 Å². The minimum Gasteiger partial charge on any atom is -0.480 e. The van der Waals surface area contributed by atoms with E-state index in [0.29, 0.717) is 16.3 Å². The van der Waals surface area contributed by atoms with Gasteiger partial charge < -0.3 is 20.6 Å². The first-order chi connectivity index (χ1) is 10.6. The Kier molecular flexibility index (Phi) is 5.74. The molecule has 2 rings (SSSR count). The van der Waals surface area contributed by atoms with Crippen LogP contribution in [-0.2, 0) is 9.63 Å². The monoisotopic (exact) mass is 385 g/mol. The minimum absolute atomic E-state index is 0.212. The van der Waals surface area contributed by atoms with E-state index >= 15 is 0 Å². The second kappa shape index (κ2) is 7.77. The van der Waals surface area contributed by atoms with E-state index in [1.807, 2.05) is 0 Å². The molecule has 0 radical (unpaired) electrons. The van der Waals surface area contributed by atoms with Crippen LogP contribution < -0.4 is 21.3 Å². The van der Waals surface area contributed by atoms with Crippen LogP contribution in [0.4, 0.5) is 0 Å². The van der Waals surface area contributed by atoms with Gasteiger partial charge in [0.1, 0.15) is 11.6 Å². The molecule has 1 aromatic carbocycles. The van der Waals surface area contributed by atoms with E-state index < -0.39 is 5.97 Å². The van der Waals surface area contributed by atoms with Crippen LogP contribution in [0.25, 0.3) is 0 Å². The first kappa shape index (κ1) is 16.3. The molecular weight excluding hydrogens is 374 g/mol. The van der Waals surface area contributed by atoms with Crippen LogP contribution in [0, 0.1) is 0 Å². The first-order valence-corrected chi connectivity index (χ1v) is 7.36. The highest BCUT2D eigenvalue weighted by Gasteiger charge is 2.09. The third-order valence-corrected chi connectivity index (χ3v) is 3.33. The SMILES string of the molecule is NC(NOC(=O)COc1ccc(Br)cc1Cl)=C1C=CNC=C1. The van der Waals surface area contributed by atoms with Gasteiger partial charge in [-0.25, -0.2) is 10.3 Å². The molecule has 4 N–H and O–H groups in total. The van der Waals surface area contributed by atoms with Crippen LogP contribution in [0.5, 0.6) is 5.75 Å². The van der Waals surface area contributed by atoms with Crippen molar-refractivity contribution >= 4 is 33.5 Å². The van der Waals surface area contributed by atoms with E-state index in [0.717, 1.165) is 4.47 Å². The molecule has 8 heteroatoms. The van der Waals surface area contributed by atoms with Crippen molar-refractivity contribution in [1.29, 1.82) is 0 Å². The van der Waals surface area contributed by atoms with Crippen molar-refractivity contribution in [3.8, 4) is 5.75 Å². The molecular formula is C14H13BrClN3O3. The van der Waals surface area contributed by atoms with Gasteiger partial charge in [0.25, 0.3) is 0 Å². The van der Waals surface area contributed by atoms with Crippen LogP contribution in [-0.4, -0.2) is 12.6 Å². The highest BCUT2D eigenvalue weighted by atomic mass is 79.9. The molecule has 1 aliphatic rings. The number of allylic oxidation sites excluding steroid dienone is 3. The number of benzene rings is 1. The van der Waals surface area contributed by atoms with Crippen LogP contribution in [0.3, 0.4) is 0 Å². The number of nitrogens with two attached hydrogens (primary N) is 1. The molecule has 0 bridgehead atoms. The highest BCUT2D eigenvalue weighted by molar-refractivity contribution is 9.10. The van der Waals surface area contributed by atoms with Gasteiger partial charge in [0, 0.05) is 22.4 Å². The molecule has 0 aromatic heterocycles. The van der Waals surface area contributed by atoms with E-state index in [2.05, 4.69) is 26.7 Å². The van der Waals surface area contributed by atoms with Gasteiger partial charge in [0.05, 0.1) is 5.02 Å². The van der Waals surface area contributed by atoms with Crippen LogP contribution in [0.15, 0.2) is 58.6 Å². The van der Waals surface area contributed by atoms with Crippen LogP contribution in [0.1, 0.15) is 0 Å². The summed E-state index contributed by atoms with van der Waals surface area (Å²) in [6, 6.07) is 5.07. The fraction of sp³-hybridized carbons (Fsp3) is 0.0714. The van der Waals surface area contributed by atoms with Crippen molar-refractivity contribution < 1.29 is 14.4 Å². The zero-order valence-corrected chi connectivity index (χ0v) is 13.6. The standard InChI is InChI=1S/C14H13BrClN3O3/c15-10-1-2-12(11(16)7-10)21-8-13(20)22-19-14(17)9-3-5-18-6-4-9/h1-7,18-19H,8,17H2. The topological polar surface area (TPSA) is 85.6 Å². The minimum atomic E-state index is -0.635. The fourth-order valence-electron chi connectivity index (χ4n) is 1.50. The summed E-state index contributed by atoms with van der Waals surface area (Å²) < 4.78 is 6.09. The summed E-state index contributed by atoms with van der Waals surface area (Å²) in [5.74, 6) is -0.0363. The number of halogens is 2. The van der Waals surface area contributed by atoms with Gasteiger partial charge in [0.15, 0.2) is 6.61 Å². The van der Waals surface area contributed by atoms with Gasteiger partial charge in [-0.2, -0.15) is 0 Å². The van der Waals surface area contributed by atoms with Gasteiger partial charge in [-0.05, 0) is 30.4 Å². The number of hydrogen-bond acceptors (Lipinski definition) is 6. The molecule has 0 saturated carbocycles. The molecule has 6 nitrogen and oxygen atoms in total. The summed E-state index contributed by atoms with van der Waals surface area (Å²) >= 11 is 9.25. The van der Waals surface area contributed by atoms with Crippen molar-refractivity contribution in [1.82, 2.24) is 10.8 Å². The number of nitrogens with one attached hydrogen (secondary N) is 2. The Morgan fingerprint density at radius 3 is 2.77 bits per heavy atom. The second-order valence-corrected chi connectivity index (χ2v) is 5.46. The Labute approximate surface area is 140 Å². The summed E-state index contributed by atoms with van der Waals surface area (Å²) in [6.07, 6.45) is 6.86. The number of hydrogen-bond donors (Lipinski definition) is 3. The molecule has 1 heterocycles. The van der Waals surface area contributed by atoms with E-state index in [1.54, 1.807) is 42.8 Å². The molecule has 22 heavy (non-hydrogen) atoms. The van der Waals surface area contributed by atoms with Crippen molar-refractivity contribution in [2.45, 2.75) is 0 Å². The lowest BCUT2D eigenvalue weighted by atomic mass is 10.2. The van der Waals surface area contributed by atoms with Gasteiger partial charge in [-0.15, -0.1) is 0 Å². The Balaban J connectivity index is 1.82. The fourth-order valence-corrected chi connectivity index (χ4v) is 2.22. The first-order valence-electron chi connectivity index (χ1n) is 6.18. The maximum absolute atomic E-state index is 11.6. The number of dihydropyridines is 1. The number of ether oxygens (including phenoxy) is 1. The van der Waals surface area contributed by atoms with E-state index in [9.17, 15) is 4.79 Å². The predicted octanol–water partition coefficient (Wildman–Crippen LogP) is 2.33. The predicted molar refractivity (Wildman–Crippen MR) is 86.5 cm³/mol. The van der Waals surface area contributed by atoms with Crippen molar-refractivity contribution in [3.63, 3.8) is 0 Å². The highest BCUT2D eigenvalue weighted by Crippen LogP contribution is 2.27. The molecule has 0 saturated heterocycles. The maximum atomic E-state index is 11.6. The largest absolute Gasteiger partial charge is 0.480 e. The lowest BCUT2D eigenvalue weighted by Gasteiger charge is -2.11. The lowest BCUT2D eigenvalue weighted by Crippen LogP contribution is -2.28. The molecule has 0 fully saturated rings. The lowest BCUT2D eigenvalue weighted by molar-refractivity contribution is -0.151. The molecule has 0 aliphatic carbocycles. The number of carbonyl (C=O) groups is 1. The number of rotatable bonds is 5. The van der Waals surface area contributed by atoms with Crippen LogP contribution in [0.2, 0.25) is 5.02 Å². The summed E-state index contributed by atoms with van der Waals surface area (Å²) in [7, 11) is 0. The van der Waals surface area contributed by atoms with Crippen molar-refractivity contribution in [3.05, 3.63) is 63.6 Å². The quantitative estimate of drug-likeness (QED) is 0.674. The summed E-state index contributed by atoms with van der Waals surface area (Å²) in [5, 5.41) is 3.25.